The van der Waals surface area contributed by atoms with E-state index >= 15 is 0 Å². The SMILES string of the molecule is CCn1c(CCC(N)=O)nnc1S[C@H](C)C(=O)Nc1c(F)cccc1F. The number of anilines is 1. The van der Waals surface area contributed by atoms with E-state index in [9.17, 15) is 18.4 Å². The number of hydrogen-bond acceptors (Lipinski definition) is 5. The summed E-state index contributed by atoms with van der Waals surface area (Å²) in [5, 5.41) is 10.1. The minimum absolute atomic E-state index is 0.144. The van der Waals surface area contributed by atoms with Crippen LogP contribution >= 0.6 is 11.8 Å². The van der Waals surface area contributed by atoms with Gasteiger partial charge in [-0.15, -0.1) is 10.2 Å². The molecule has 0 saturated heterocycles. The molecule has 0 bridgehead atoms. The number of aromatic nitrogens is 3. The highest BCUT2D eigenvalue weighted by Gasteiger charge is 2.22. The van der Waals surface area contributed by atoms with Gasteiger partial charge in [-0.1, -0.05) is 17.8 Å². The maximum atomic E-state index is 13.6. The van der Waals surface area contributed by atoms with Crippen molar-refractivity contribution < 1.29 is 18.4 Å². The second-order valence-electron chi connectivity index (χ2n) is 5.46. The molecule has 0 radical (unpaired) electrons. The van der Waals surface area contributed by atoms with Gasteiger partial charge in [0.1, 0.15) is 23.1 Å². The Balaban J connectivity index is 2.08. The average Bonchev–Trinajstić information content (AvgIpc) is 2.97. The van der Waals surface area contributed by atoms with Gasteiger partial charge in [0.15, 0.2) is 5.16 Å². The van der Waals surface area contributed by atoms with E-state index in [4.69, 9.17) is 5.73 Å². The summed E-state index contributed by atoms with van der Waals surface area (Å²) in [7, 11) is 0. The molecule has 140 valence electrons. The molecule has 3 N–H and O–H groups in total. The van der Waals surface area contributed by atoms with Crippen LogP contribution in [0.1, 0.15) is 26.1 Å². The van der Waals surface area contributed by atoms with Crippen molar-refractivity contribution in [2.75, 3.05) is 5.32 Å². The third kappa shape index (κ3) is 4.78. The fourth-order valence-corrected chi connectivity index (χ4v) is 3.13. The van der Waals surface area contributed by atoms with E-state index in [1.165, 1.54) is 6.07 Å². The first-order chi connectivity index (χ1) is 12.3. The van der Waals surface area contributed by atoms with Gasteiger partial charge in [0.05, 0.1) is 5.25 Å². The molecule has 10 heteroatoms. The lowest BCUT2D eigenvalue weighted by Gasteiger charge is -2.13. The van der Waals surface area contributed by atoms with Gasteiger partial charge in [-0.2, -0.15) is 0 Å². The highest BCUT2D eigenvalue weighted by molar-refractivity contribution is 8.00. The van der Waals surface area contributed by atoms with Crippen LogP contribution in [0, 0.1) is 11.6 Å². The van der Waals surface area contributed by atoms with Crippen LogP contribution in [0.15, 0.2) is 23.4 Å². The monoisotopic (exact) mass is 383 g/mol. The number of carbonyl (C=O) groups is 2. The molecule has 0 unspecified atom stereocenters. The van der Waals surface area contributed by atoms with Crippen LogP contribution in [0.3, 0.4) is 0 Å². The molecule has 2 amide bonds. The summed E-state index contributed by atoms with van der Waals surface area (Å²) in [5.41, 5.74) is 4.66. The average molecular weight is 383 g/mol. The first-order valence-corrected chi connectivity index (χ1v) is 8.83. The molecule has 26 heavy (non-hydrogen) atoms. The van der Waals surface area contributed by atoms with Gasteiger partial charge in [0, 0.05) is 19.4 Å². The summed E-state index contributed by atoms with van der Waals surface area (Å²) in [6.07, 6.45) is 0.489. The zero-order valence-corrected chi connectivity index (χ0v) is 15.1. The Morgan fingerprint density at radius 3 is 2.54 bits per heavy atom. The van der Waals surface area contributed by atoms with Crippen molar-refractivity contribution in [3.05, 3.63) is 35.7 Å². The van der Waals surface area contributed by atoms with Crippen molar-refractivity contribution in [1.29, 1.82) is 0 Å². The number of benzene rings is 1. The number of rotatable bonds is 8. The maximum absolute atomic E-state index is 13.6. The molecule has 0 aliphatic heterocycles. The Labute approximate surface area is 153 Å². The number of nitrogens with one attached hydrogen (secondary N) is 1. The number of para-hydroxylation sites is 1. The van der Waals surface area contributed by atoms with Gasteiger partial charge in [0.25, 0.3) is 0 Å². The molecule has 0 fully saturated rings. The first kappa shape index (κ1) is 19.8. The van der Waals surface area contributed by atoms with Gasteiger partial charge in [-0.05, 0) is 26.0 Å². The smallest absolute Gasteiger partial charge is 0.237 e. The van der Waals surface area contributed by atoms with Crippen LogP contribution in [-0.2, 0) is 22.6 Å². The van der Waals surface area contributed by atoms with E-state index in [2.05, 4.69) is 15.5 Å². The molecule has 0 spiro atoms. The minimum Gasteiger partial charge on any atom is -0.370 e. The number of carbonyl (C=O) groups excluding carboxylic acids is 2. The third-order valence-corrected chi connectivity index (χ3v) is 4.65. The fraction of sp³-hybridized carbons (Fsp3) is 0.375. The zero-order valence-electron chi connectivity index (χ0n) is 14.3. The molecule has 0 aliphatic rings. The standard InChI is InChI=1S/C16H19F2N5O2S/c1-3-23-13(8-7-12(19)24)21-22-16(23)26-9(2)15(25)20-14-10(17)5-4-6-11(14)18/h4-6,9H,3,7-8H2,1-2H3,(H2,19,24)(H,20,25)/t9-/m1/s1. The van der Waals surface area contributed by atoms with Gasteiger partial charge < -0.3 is 15.6 Å². The molecule has 0 saturated carbocycles. The Hall–Kier alpha value is -2.49. The van der Waals surface area contributed by atoms with Gasteiger partial charge in [-0.25, -0.2) is 8.78 Å². The van der Waals surface area contributed by atoms with Crippen molar-refractivity contribution in [2.45, 2.75) is 43.6 Å². The van der Waals surface area contributed by atoms with E-state index in [1.807, 2.05) is 6.92 Å². The number of nitrogens with two attached hydrogens (primary N) is 1. The number of halogens is 2. The van der Waals surface area contributed by atoms with E-state index in [1.54, 1.807) is 11.5 Å². The van der Waals surface area contributed by atoms with Crippen LogP contribution in [0.2, 0.25) is 0 Å². The molecular weight excluding hydrogens is 364 g/mol. The van der Waals surface area contributed by atoms with Gasteiger partial charge in [0.2, 0.25) is 11.8 Å². The summed E-state index contributed by atoms with van der Waals surface area (Å²) >= 11 is 1.11. The molecule has 1 heterocycles. The summed E-state index contributed by atoms with van der Waals surface area (Å²) in [4.78, 5) is 23.2. The summed E-state index contributed by atoms with van der Waals surface area (Å²) in [5.74, 6) is -2.11. The molecule has 1 aromatic heterocycles. The first-order valence-electron chi connectivity index (χ1n) is 7.95. The van der Waals surface area contributed by atoms with Crippen molar-refractivity contribution in [1.82, 2.24) is 14.8 Å². The number of nitrogens with zero attached hydrogens (tertiary/aromatic N) is 3. The van der Waals surface area contributed by atoms with E-state index in [-0.39, 0.29) is 6.42 Å². The van der Waals surface area contributed by atoms with Crippen LogP contribution in [0.5, 0.6) is 0 Å². The van der Waals surface area contributed by atoms with Crippen LogP contribution < -0.4 is 11.1 Å². The Bertz CT molecular complexity index is 792. The predicted octanol–water partition coefficient (Wildman–Crippen LogP) is 2.11. The van der Waals surface area contributed by atoms with Crippen molar-refractivity contribution in [3.63, 3.8) is 0 Å². The maximum Gasteiger partial charge on any atom is 0.237 e. The second-order valence-corrected chi connectivity index (χ2v) is 6.76. The highest BCUT2D eigenvalue weighted by atomic mass is 32.2. The molecule has 2 aromatic rings. The van der Waals surface area contributed by atoms with Crippen LogP contribution in [-0.4, -0.2) is 31.8 Å². The second kappa shape index (κ2) is 8.75. The molecule has 1 aromatic carbocycles. The normalized spacial score (nSPS) is 12.0. The van der Waals surface area contributed by atoms with E-state index in [0.29, 0.717) is 23.9 Å². The topological polar surface area (TPSA) is 103 Å². The predicted molar refractivity (Wildman–Crippen MR) is 93.5 cm³/mol. The number of hydrogen-bond donors (Lipinski definition) is 2. The van der Waals surface area contributed by atoms with Crippen molar-refractivity contribution in [2.24, 2.45) is 5.73 Å². The Morgan fingerprint density at radius 1 is 1.31 bits per heavy atom. The Morgan fingerprint density at radius 2 is 1.96 bits per heavy atom. The number of primary amides is 1. The highest BCUT2D eigenvalue weighted by Crippen LogP contribution is 2.25. The summed E-state index contributed by atoms with van der Waals surface area (Å²) in [6.45, 7) is 4.01. The quantitative estimate of drug-likeness (QED) is 0.680. The lowest BCUT2D eigenvalue weighted by molar-refractivity contribution is -0.118. The molecular formula is C16H19F2N5O2S. The zero-order chi connectivity index (χ0) is 19.3. The number of thioether (sulfide) groups is 1. The summed E-state index contributed by atoms with van der Waals surface area (Å²) in [6, 6.07) is 3.35. The molecule has 0 aliphatic carbocycles. The summed E-state index contributed by atoms with van der Waals surface area (Å²) < 4.78 is 29.1. The van der Waals surface area contributed by atoms with Crippen LogP contribution in [0.25, 0.3) is 0 Å². The van der Waals surface area contributed by atoms with E-state index in [0.717, 1.165) is 23.9 Å². The number of aryl methyl sites for hydroxylation is 1. The molecule has 7 nitrogen and oxygen atoms in total. The minimum atomic E-state index is -0.846. The lowest BCUT2D eigenvalue weighted by atomic mass is 10.3. The third-order valence-electron chi connectivity index (χ3n) is 3.57. The molecule has 2 rings (SSSR count). The largest absolute Gasteiger partial charge is 0.370 e. The van der Waals surface area contributed by atoms with E-state index < -0.39 is 34.4 Å². The number of amides is 2. The van der Waals surface area contributed by atoms with Crippen molar-refractivity contribution >= 4 is 29.3 Å². The van der Waals surface area contributed by atoms with Crippen LogP contribution in [0.4, 0.5) is 14.5 Å². The van der Waals surface area contributed by atoms with Gasteiger partial charge >= 0.3 is 0 Å². The Kier molecular flexibility index (Phi) is 6.67. The molecule has 1 atom stereocenters. The fourth-order valence-electron chi connectivity index (χ4n) is 2.20. The lowest BCUT2D eigenvalue weighted by Crippen LogP contribution is -2.24. The van der Waals surface area contributed by atoms with Gasteiger partial charge in [-0.3, -0.25) is 9.59 Å². The van der Waals surface area contributed by atoms with Crippen molar-refractivity contribution in [3.8, 4) is 0 Å².